The van der Waals surface area contributed by atoms with Gasteiger partial charge in [-0.2, -0.15) is 10.5 Å². The van der Waals surface area contributed by atoms with Gasteiger partial charge in [-0.3, -0.25) is 0 Å². The van der Waals surface area contributed by atoms with Crippen LogP contribution in [0, 0.1) is 29.6 Å². The number of rotatable bonds is 0. The van der Waals surface area contributed by atoms with E-state index in [0.29, 0.717) is 5.03 Å². The summed E-state index contributed by atoms with van der Waals surface area (Å²) in [6.45, 7) is 2.01. The molecule has 3 nitrogen and oxygen atoms in total. The molecule has 0 aromatic heterocycles. The predicted octanol–water partition coefficient (Wildman–Crippen LogP) is 2.77. The van der Waals surface area contributed by atoms with Crippen LogP contribution in [0.3, 0.4) is 0 Å². The minimum Gasteiger partial charge on any atom is -0.347 e. The topological polar surface area (TPSA) is 59.6 Å². The maximum absolute atomic E-state index is 8.74. The number of nitrogens with zero attached hydrogens (tertiary/aromatic N) is 2. The van der Waals surface area contributed by atoms with Gasteiger partial charge in [0.05, 0.1) is 5.69 Å². The Morgan fingerprint density at radius 1 is 1.33 bits per heavy atom. The van der Waals surface area contributed by atoms with E-state index in [1.165, 1.54) is 17.3 Å². The van der Waals surface area contributed by atoms with E-state index in [1.807, 2.05) is 37.3 Å². The number of nitrogens with one attached hydrogen (secondary N) is 1. The fourth-order valence-corrected chi connectivity index (χ4v) is 2.36. The van der Waals surface area contributed by atoms with Crippen LogP contribution >= 0.6 is 11.8 Å². The normalized spacial score (nSPS) is 12.3. The van der Waals surface area contributed by atoms with Gasteiger partial charge in [-0.05, 0) is 24.6 Å². The molecular formula is C11H7N3S. The lowest BCUT2D eigenvalue weighted by molar-refractivity contribution is 1.36. The van der Waals surface area contributed by atoms with Crippen LogP contribution in [0.1, 0.15) is 5.56 Å². The van der Waals surface area contributed by atoms with Crippen molar-refractivity contribution in [2.24, 2.45) is 0 Å². The minimum atomic E-state index is 0.133. The Kier molecular flexibility index (Phi) is 2.37. The van der Waals surface area contributed by atoms with Crippen molar-refractivity contribution in [3.05, 3.63) is 34.4 Å². The van der Waals surface area contributed by atoms with Crippen molar-refractivity contribution in [2.45, 2.75) is 11.8 Å². The Morgan fingerprint density at radius 3 is 2.73 bits per heavy atom. The van der Waals surface area contributed by atoms with E-state index in [2.05, 4.69) is 5.32 Å². The quantitative estimate of drug-likeness (QED) is 0.673. The lowest BCUT2D eigenvalue weighted by atomic mass is 10.2. The van der Waals surface area contributed by atoms with Crippen molar-refractivity contribution in [2.75, 3.05) is 5.32 Å². The van der Waals surface area contributed by atoms with Gasteiger partial charge in [0.2, 0.25) is 0 Å². The van der Waals surface area contributed by atoms with Gasteiger partial charge in [0, 0.05) is 4.90 Å². The van der Waals surface area contributed by atoms with E-state index < -0.39 is 0 Å². The molecule has 2 rings (SSSR count). The van der Waals surface area contributed by atoms with E-state index >= 15 is 0 Å². The highest BCUT2D eigenvalue weighted by atomic mass is 32.2. The summed E-state index contributed by atoms with van der Waals surface area (Å²) in [5.41, 5.74) is 2.26. The van der Waals surface area contributed by atoms with Gasteiger partial charge >= 0.3 is 0 Å². The molecule has 0 atom stereocenters. The minimum absolute atomic E-state index is 0.133. The monoisotopic (exact) mass is 213 g/mol. The number of thioether (sulfide) groups is 1. The van der Waals surface area contributed by atoms with Crippen molar-refractivity contribution in [1.82, 2.24) is 0 Å². The molecule has 0 saturated heterocycles. The van der Waals surface area contributed by atoms with E-state index in [1.54, 1.807) is 0 Å². The van der Waals surface area contributed by atoms with Gasteiger partial charge in [0.25, 0.3) is 0 Å². The Balaban J connectivity index is 2.44. The molecule has 1 aromatic carbocycles. The molecule has 0 amide bonds. The van der Waals surface area contributed by atoms with E-state index in [0.717, 1.165) is 10.6 Å². The summed E-state index contributed by atoms with van der Waals surface area (Å²) in [5, 5.41) is 21.2. The molecule has 0 spiro atoms. The second-order valence-electron chi connectivity index (χ2n) is 3.15. The van der Waals surface area contributed by atoms with Crippen LogP contribution in [0.15, 0.2) is 33.7 Å². The summed E-state index contributed by atoms with van der Waals surface area (Å²) in [5.74, 6) is 0. The highest BCUT2D eigenvalue weighted by molar-refractivity contribution is 8.03. The molecule has 0 radical (unpaired) electrons. The number of anilines is 1. The molecule has 0 unspecified atom stereocenters. The second kappa shape index (κ2) is 3.68. The lowest BCUT2D eigenvalue weighted by Crippen LogP contribution is -1.92. The number of hydrogen-bond donors (Lipinski definition) is 1. The largest absolute Gasteiger partial charge is 0.347 e. The zero-order valence-corrected chi connectivity index (χ0v) is 8.85. The Bertz CT molecular complexity index is 516. The maximum atomic E-state index is 8.74. The number of nitriles is 2. The third kappa shape index (κ3) is 1.68. The van der Waals surface area contributed by atoms with E-state index in [4.69, 9.17) is 10.5 Å². The average Bonchev–Trinajstić information content (AvgIpc) is 2.62. The molecule has 1 aromatic rings. The average molecular weight is 213 g/mol. The van der Waals surface area contributed by atoms with Crippen molar-refractivity contribution >= 4 is 17.4 Å². The summed E-state index contributed by atoms with van der Waals surface area (Å²) >= 11 is 1.43. The lowest BCUT2D eigenvalue weighted by Gasteiger charge is -1.97. The molecule has 15 heavy (non-hydrogen) atoms. The molecule has 1 aliphatic heterocycles. The molecule has 1 aliphatic rings. The van der Waals surface area contributed by atoms with Crippen molar-refractivity contribution in [1.29, 1.82) is 10.5 Å². The maximum Gasteiger partial charge on any atom is 0.160 e. The Morgan fingerprint density at radius 2 is 2.07 bits per heavy atom. The van der Waals surface area contributed by atoms with Crippen molar-refractivity contribution in [3.8, 4) is 12.1 Å². The summed E-state index contributed by atoms with van der Waals surface area (Å²) in [7, 11) is 0. The number of fused-ring (bicyclic) bond motifs is 1. The zero-order chi connectivity index (χ0) is 10.8. The first-order valence-corrected chi connectivity index (χ1v) is 5.16. The highest BCUT2D eigenvalue weighted by Crippen LogP contribution is 2.42. The molecule has 1 heterocycles. The fourth-order valence-electron chi connectivity index (χ4n) is 1.32. The molecular weight excluding hydrogens is 206 g/mol. The van der Waals surface area contributed by atoms with Gasteiger partial charge in [-0.15, -0.1) is 0 Å². The molecule has 4 heteroatoms. The molecule has 0 aliphatic carbocycles. The first-order valence-electron chi connectivity index (χ1n) is 4.34. The molecule has 0 bridgehead atoms. The SMILES string of the molecule is Cc1ccc2c(c1)SC(=C(C#N)C#N)N2. The second-order valence-corrected chi connectivity index (χ2v) is 4.21. The van der Waals surface area contributed by atoms with Gasteiger partial charge in [-0.1, -0.05) is 17.8 Å². The summed E-state index contributed by atoms with van der Waals surface area (Å²) < 4.78 is 0. The standard InChI is InChI=1S/C11H7N3S/c1-7-2-3-9-10(4-7)15-11(14-9)8(5-12)6-13/h2-4,14H,1H3. The van der Waals surface area contributed by atoms with Crippen molar-refractivity contribution < 1.29 is 0 Å². The highest BCUT2D eigenvalue weighted by Gasteiger charge is 2.19. The van der Waals surface area contributed by atoms with Crippen LogP contribution in [-0.4, -0.2) is 0 Å². The molecule has 72 valence electrons. The van der Waals surface area contributed by atoms with E-state index in [9.17, 15) is 0 Å². The van der Waals surface area contributed by atoms with Crippen molar-refractivity contribution in [3.63, 3.8) is 0 Å². The van der Waals surface area contributed by atoms with Crippen LogP contribution in [0.5, 0.6) is 0 Å². The third-order valence-electron chi connectivity index (χ3n) is 2.05. The third-order valence-corrected chi connectivity index (χ3v) is 3.12. The fraction of sp³-hybridized carbons (Fsp3) is 0.0909. The van der Waals surface area contributed by atoms with Gasteiger partial charge in [-0.25, -0.2) is 0 Å². The molecule has 0 saturated carbocycles. The van der Waals surface area contributed by atoms with Crippen LogP contribution in [0.2, 0.25) is 0 Å². The molecule has 0 fully saturated rings. The Hall–Kier alpha value is -1.91. The van der Waals surface area contributed by atoms with Gasteiger partial charge in [0.1, 0.15) is 17.2 Å². The van der Waals surface area contributed by atoms with Crippen LogP contribution in [-0.2, 0) is 0 Å². The zero-order valence-electron chi connectivity index (χ0n) is 8.03. The Labute approximate surface area is 92.0 Å². The molecule has 1 N–H and O–H groups in total. The number of aryl methyl sites for hydroxylation is 1. The van der Waals surface area contributed by atoms with Crippen LogP contribution in [0.4, 0.5) is 5.69 Å². The van der Waals surface area contributed by atoms with Gasteiger partial charge < -0.3 is 5.32 Å². The number of benzene rings is 1. The van der Waals surface area contributed by atoms with Crippen LogP contribution < -0.4 is 5.32 Å². The first kappa shape index (κ1) is 9.64. The van der Waals surface area contributed by atoms with Crippen LogP contribution in [0.25, 0.3) is 0 Å². The summed E-state index contributed by atoms with van der Waals surface area (Å²) in [4.78, 5) is 1.06. The number of allylic oxidation sites excluding steroid dienone is 1. The smallest absolute Gasteiger partial charge is 0.160 e. The summed E-state index contributed by atoms with van der Waals surface area (Å²) in [6, 6.07) is 9.74. The van der Waals surface area contributed by atoms with E-state index in [-0.39, 0.29) is 5.57 Å². The first-order chi connectivity index (χ1) is 7.24. The summed E-state index contributed by atoms with van der Waals surface area (Å²) in [6.07, 6.45) is 0. The number of hydrogen-bond acceptors (Lipinski definition) is 4. The predicted molar refractivity (Wildman–Crippen MR) is 58.9 cm³/mol. The van der Waals surface area contributed by atoms with Gasteiger partial charge in [0.15, 0.2) is 5.57 Å².